The van der Waals surface area contributed by atoms with Gasteiger partial charge in [-0.3, -0.25) is 4.79 Å². The van der Waals surface area contributed by atoms with E-state index in [-0.39, 0.29) is 50.3 Å². The SMILES string of the molecule is CCC(CNC(=O)OCC1c2ccccc2-c2ccccc21)CC(=O)N(C)C1(C(=O)O)CCOC1. The lowest BCUT2D eigenvalue weighted by atomic mass is 9.94. The summed E-state index contributed by atoms with van der Waals surface area (Å²) in [5.74, 6) is -1.50. The molecule has 2 aliphatic rings. The van der Waals surface area contributed by atoms with Crippen molar-refractivity contribution in [3.05, 3.63) is 59.7 Å². The molecular weight excluding hydrogens is 448 g/mol. The predicted octanol–water partition coefficient (Wildman–Crippen LogP) is 3.64. The number of fused-ring (bicyclic) bond motifs is 3. The lowest BCUT2D eigenvalue weighted by Crippen LogP contribution is -2.56. The molecule has 186 valence electrons. The predicted molar refractivity (Wildman–Crippen MR) is 130 cm³/mol. The largest absolute Gasteiger partial charge is 0.479 e. The minimum atomic E-state index is -1.32. The number of carbonyl (C=O) groups excluding carboxylic acids is 2. The molecule has 2 amide bonds. The van der Waals surface area contributed by atoms with Gasteiger partial charge in [-0.25, -0.2) is 9.59 Å². The Morgan fingerprint density at radius 3 is 2.31 bits per heavy atom. The topological polar surface area (TPSA) is 105 Å². The molecule has 0 bridgehead atoms. The number of amides is 2. The van der Waals surface area contributed by atoms with E-state index in [2.05, 4.69) is 29.6 Å². The van der Waals surface area contributed by atoms with Crippen molar-refractivity contribution in [3.63, 3.8) is 0 Å². The fourth-order valence-corrected chi connectivity index (χ4v) is 4.99. The number of nitrogens with one attached hydrogen (secondary N) is 1. The number of hydrogen-bond donors (Lipinski definition) is 2. The van der Waals surface area contributed by atoms with Gasteiger partial charge in [-0.1, -0.05) is 61.9 Å². The second-order valence-electron chi connectivity index (χ2n) is 9.28. The van der Waals surface area contributed by atoms with Gasteiger partial charge in [0.2, 0.25) is 5.91 Å². The molecule has 2 unspecified atom stereocenters. The Kier molecular flexibility index (Phi) is 7.40. The zero-order valence-corrected chi connectivity index (χ0v) is 20.2. The fraction of sp³-hybridized carbons (Fsp3) is 0.444. The summed E-state index contributed by atoms with van der Waals surface area (Å²) in [4.78, 5) is 38.5. The van der Waals surface area contributed by atoms with Crippen LogP contribution in [0.5, 0.6) is 0 Å². The first-order chi connectivity index (χ1) is 16.9. The maximum absolute atomic E-state index is 12.9. The summed E-state index contributed by atoms with van der Waals surface area (Å²) in [6, 6.07) is 16.3. The monoisotopic (exact) mass is 480 g/mol. The number of nitrogens with zero attached hydrogens (tertiary/aromatic N) is 1. The smallest absolute Gasteiger partial charge is 0.407 e. The average Bonchev–Trinajstić information content (AvgIpc) is 3.49. The maximum atomic E-state index is 12.9. The first-order valence-electron chi connectivity index (χ1n) is 12.0. The van der Waals surface area contributed by atoms with Crippen LogP contribution in [0, 0.1) is 5.92 Å². The number of ether oxygens (including phenoxy) is 2. The second-order valence-corrected chi connectivity index (χ2v) is 9.28. The Labute approximate surface area is 205 Å². The number of carboxylic acid groups (broad SMARTS) is 1. The van der Waals surface area contributed by atoms with Crippen molar-refractivity contribution in [3.8, 4) is 11.1 Å². The highest BCUT2D eigenvalue weighted by atomic mass is 16.5. The normalized spacial score (nSPS) is 19.5. The number of carboxylic acids is 1. The summed E-state index contributed by atoms with van der Waals surface area (Å²) in [7, 11) is 1.51. The Bertz CT molecular complexity index is 1050. The quantitative estimate of drug-likeness (QED) is 0.568. The van der Waals surface area contributed by atoms with Crippen LogP contribution in [0.2, 0.25) is 0 Å². The minimum Gasteiger partial charge on any atom is -0.479 e. The first-order valence-corrected chi connectivity index (χ1v) is 12.0. The van der Waals surface area contributed by atoms with E-state index < -0.39 is 17.6 Å². The highest BCUT2D eigenvalue weighted by molar-refractivity contribution is 5.87. The molecular formula is C27H32N2O6. The van der Waals surface area contributed by atoms with Crippen LogP contribution in [0.25, 0.3) is 11.1 Å². The van der Waals surface area contributed by atoms with E-state index in [0.29, 0.717) is 13.0 Å². The van der Waals surface area contributed by atoms with Crippen molar-refractivity contribution >= 4 is 18.0 Å². The number of benzene rings is 2. The van der Waals surface area contributed by atoms with Crippen LogP contribution in [0.1, 0.15) is 43.2 Å². The molecule has 1 fully saturated rings. The molecule has 1 saturated heterocycles. The fourth-order valence-electron chi connectivity index (χ4n) is 4.99. The van der Waals surface area contributed by atoms with Gasteiger partial charge in [0.05, 0.1) is 6.61 Å². The van der Waals surface area contributed by atoms with E-state index in [1.54, 1.807) is 0 Å². The maximum Gasteiger partial charge on any atom is 0.407 e. The first kappa shape index (κ1) is 24.7. The molecule has 8 nitrogen and oxygen atoms in total. The van der Waals surface area contributed by atoms with Crippen LogP contribution in [0.3, 0.4) is 0 Å². The zero-order valence-electron chi connectivity index (χ0n) is 20.2. The van der Waals surface area contributed by atoms with Crippen molar-refractivity contribution in [2.75, 3.05) is 33.4 Å². The summed E-state index contributed by atoms with van der Waals surface area (Å²) in [5.41, 5.74) is 3.29. The van der Waals surface area contributed by atoms with Crippen molar-refractivity contribution in [2.45, 2.75) is 37.6 Å². The number of likely N-dealkylation sites (N-methyl/N-ethyl adjacent to an activating group) is 1. The van der Waals surface area contributed by atoms with Crippen molar-refractivity contribution < 1.29 is 29.0 Å². The van der Waals surface area contributed by atoms with E-state index in [1.807, 2.05) is 31.2 Å². The number of alkyl carbamates (subject to hydrolysis) is 1. The third kappa shape index (κ3) is 4.89. The van der Waals surface area contributed by atoms with Gasteiger partial charge in [-0.05, 0) is 28.2 Å². The molecule has 1 heterocycles. The highest BCUT2D eigenvalue weighted by Crippen LogP contribution is 2.44. The van der Waals surface area contributed by atoms with Gasteiger partial charge in [-0.15, -0.1) is 0 Å². The molecule has 2 N–H and O–H groups in total. The van der Waals surface area contributed by atoms with Gasteiger partial charge in [0.15, 0.2) is 5.54 Å². The molecule has 1 aliphatic heterocycles. The summed E-state index contributed by atoms with van der Waals surface area (Å²) < 4.78 is 10.8. The van der Waals surface area contributed by atoms with Gasteiger partial charge in [-0.2, -0.15) is 0 Å². The third-order valence-corrected chi connectivity index (χ3v) is 7.33. The standard InChI is InChI=1S/C27H32N2O6/c1-3-18(14-24(30)29(2)27(25(31)32)12-13-34-17-27)15-28-26(33)35-16-23-21-10-6-4-8-19(21)20-9-5-7-11-22(20)23/h4-11,18,23H,3,12-17H2,1-2H3,(H,28,33)(H,31,32). The Hall–Kier alpha value is -3.39. The van der Waals surface area contributed by atoms with Gasteiger partial charge < -0.3 is 24.8 Å². The Morgan fingerprint density at radius 1 is 1.14 bits per heavy atom. The second kappa shape index (κ2) is 10.5. The molecule has 0 radical (unpaired) electrons. The molecule has 2 aromatic rings. The van der Waals surface area contributed by atoms with Crippen LogP contribution in [0.4, 0.5) is 4.79 Å². The number of rotatable bonds is 9. The van der Waals surface area contributed by atoms with E-state index in [9.17, 15) is 19.5 Å². The van der Waals surface area contributed by atoms with Crippen LogP contribution in [0.15, 0.2) is 48.5 Å². The summed E-state index contributed by atoms with van der Waals surface area (Å²) in [6.07, 6.45) is 0.516. The van der Waals surface area contributed by atoms with Gasteiger partial charge in [0, 0.05) is 39.0 Å². The van der Waals surface area contributed by atoms with Crippen LogP contribution in [-0.2, 0) is 19.1 Å². The van der Waals surface area contributed by atoms with Crippen molar-refractivity contribution in [1.82, 2.24) is 10.2 Å². The minimum absolute atomic E-state index is 0.0145. The highest BCUT2D eigenvalue weighted by Gasteiger charge is 2.48. The molecule has 4 rings (SSSR count). The Morgan fingerprint density at radius 2 is 1.77 bits per heavy atom. The molecule has 0 aromatic heterocycles. The van der Waals surface area contributed by atoms with Gasteiger partial charge in [0.1, 0.15) is 6.61 Å². The molecule has 8 heteroatoms. The number of aliphatic carboxylic acids is 1. The van der Waals surface area contributed by atoms with Gasteiger partial charge in [0.25, 0.3) is 0 Å². The molecule has 35 heavy (non-hydrogen) atoms. The molecule has 2 aromatic carbocycles. The molecule has 1 aliphatic carbocycles. The molecule has 2 atom stereocenters. The lowest BCUT2D eigenvalue weighted by Gasteiger charge is -2.34. The Balaban J connectivity index is 1.30. The van der Waals surface area contributed by atoms with E-state index in [4.69, 9.17) is 9.47 Å². The number of hydrogen-bond acceptors (Lipinski definition) is 5. The van der Waals surface area contributed by atoms with E-state index in [0.717, 1.165) is 22.3 Å². The number of carbonyl (C=O) groups is 3. The molecule has 0 saturated carbocycles. The van der Waals surface area contributed by atoms with Crippen LogP contribution >= 0.6 is 0 Å². The lowest BCUT2D eigenvalue weighted by molar-refractivity contribution is -0.158. The van der Waals surface area contributed by atoms with E-state index >= 15 is 0 Å². The third-order valence-electron chi connectivity index (χ3n) is 7.33. The average molecular weight is 481 g/mol. The van der Waals surface area contributed by atoms with E-state index in [1.165, 1.54) is 11.9 Å². The van der Waals surface area contributed by atoms with Crippen LogP contribution in [-0.4, -0.2) is 66.9 Å². The summed E-state index contributed by atoms with van der Waals surface area (Å²) in [6.45, 7) is 2.72. The summed E-state index contributed by atoms with van der Waals surface area (Å²) >= 11 is 0. The molecule has 0 spiro atoms. The van der Waals surface area contributed by atoms with Crippen molar-refractivity contribution in [1.29, 1.82) is 0 Å². The zero-order chi connectivity index (χ0) is 25.0. The summed E-state index contributed by atoms with van der Waals surface area (Å²) in [5, 5.41) is 12.5. The van der Waals surface area contributed by atoms with Crippen molar-refractivity contribution in [2.24, 2.45) is 5.92 Å². The van der Waals surface area contributed by atoms with Gasteiger partial charge >= 0.3 is 12.1 Å². The van der Waals surface area contributed by atoms with Crippen LogP contribution < -0.4 is 5.32 Å².